The van der Waals surface area contributed by atoms with Crippen molar-refractivity contribution in [2.45, 2.75) is 13.8 Å². The standard InChI is InChI=1S/C16H16N2O3S/c1-3-21-15(20)13-10-22-16(17-13)18-14(19)9-8-12-6-4-11(2)5-7-12/h4-10H,3H2,1-2H3,(H,17,18,19)/b9-8+. The van der Waals surface area contributed by atoms with Crippen LogP contribution < -0.4 is 5.32 Å². The van der Waals surface area contributed by atoms with E-state index in [0.29, 0.717) is 5.13 Å². The lowest BCUT2D eigenvalue weighted by Gasteiger charge is -1.98. The number of benzene rings is 1. The maximum absolute atomic E-state index is 11.8. The Labute approximate surface area is 132 Å². The summed E-state index contributed by atoms with van der Waals surface area (Å²) in [4.78, 5) is 27.3. The monoisotopic (exact) mass is 316 g/mol. The second-order valence-corrected chi connectivity index (χ2v) is 5.35. The summed E-state index contributed by atoms with van der Waals surface area (Å²) >= 11 is 1.18. The summed E-state index contributed by atoms with van der Waals surface area (Å²) in [6.45, 7) is 4.02. The lowest BCUT2D eigenvalue weighted by Crippen LogP contribution is -2.09. The average molecular weight is 316 g/mol. The van der Waals surface area contributed by atoms with Crippen LogP contribution in [0.25, 0.3) is 6.08 Å². The van der Waals surface area contributed by atoms with Crippen LogP contribution in [0.2, 0.25) is 0 Å². The molecule has 1 heterocycles. The van der Waals surface area contributed by atoms with Crippen molar-refractivity contribution in [2.24, 2.45) is 0 Å². The Hall–Kier alpha value is -2.47. The van der Waals surface area contributed by atoms with E-state index in [9.17, 15) is 9.59 Å². The van der Waals surface area contributed by atoms with E-state index in [2.05, 4.69) is 10.3 Å². The van der Waals surface area contributed by atoms with Crippen molar-refractivity contribution in [3.8, 4) is 0 Å². The van der Waals surface area contributed by atoms with Crippen molar-refractivity contribution < 1.29 is 14.3 Å². The number of esters is 1. The minimum atomic E-state index is -0.491. The average Bonchev–Trinajstić information content (AvgIpc) is 2.95. The second kappa shape index (κ2) is 7.51. The zero-order chi connectivity index (χ0) is 15.9. The van der Waals surface area contributed by atoms with Crippen LogP contribution in [0.15, 0.2) is 35.7 Å². The van der Waals surface area contributed by atoms with Crippen LogP contribution in [0.3, 0.4) is 0 Å². The fourth-order valence-corrected chi connectivity index (χ4v) is 2.31. The van der Waals surface area contributed by atoms with Crippen LogP contribution in [0.1, 0.15) is 28.5 Å². The quantitative estimate of drug-likeness (QED) is 0.679. The summed E-state index contributed by atoms with van der Waals surface area (Å²) in [5.74, 6) is -0.792. The molecule has 0 aliphatic heterocycles. The van der Waals surface area contributed by atoms with Gasteiger partial charge in [-0.25, -0.2) is 9.78 Å². The van der Waals surface area contributed by atoms with Gasteiger partial charge in [0.1, 0.15) is 0 Å². The number of aromatic nitrogens is 1. The molecule has 1 aromatic carbocycles. The Morgan fingerprint density at radius 2 is 2.05 bits per heavy atom. The van der Waals surface area contributed by atoms with Crippen LogP contribution in [-0.2, 0) is 9.53 Å². The van der Waals surface area contributed by atoms with Crippen LogP contribution >= 0.6 is 11.3 Å². The molecule has 0 bridgehead atoms. The molecule has 0 atom stereocenters. The molecule has 0 fully saturated rings. The molecule has 0 spiro atoms. The Morgan fingerprint density at radius 1 is 1.32 bits per heavy atom. The molecular weight excluding hydrogens is 300 g/mol. The summed E-state index contributed by atoms with van der Waals surface area (Å²) < 4.78 is 4.84. The molecule has 0 unspecified atom stereocenters. The second-order valence-electron chi connectivity index (χ2n) is 4.49. The zero-order valence-corrected chi connectivity index (χ0v) is 13.1. The lowest BCUT2D eigenvalue weighted by atomic mass is 10.1. The molecule has 114 valence electrons. The summed E-state index contributed by atoms with van der Waals surface area (Å²) in [5, 5.41) is 4.53. The topological polar surface area (TPSA) is 68.3 Å². The number of hydrogen-bond donors (Lipinski definition) is 1. The summed E-state index contributed by atoms with van der Waals surface area (Å²) in [7, 11) is 0. The van der Waals surface area contributed by atoms with Gasteiger partial charge in [0.15, 0.2) is 10.8 Å². The first-order valence-corrected chi connectivity index (χ1v) is 7.65. The highest BCUT2D eigenvalue weighted by molar-refractivity contribution is 7.14. The maximum Gasteiger partial charge on any atom is 0.357 e. The molecule has 2 aromatic rings. The van der Waals surface area contributed by atoms with Crippen molar-refractivity contribution >= 4 is 34.4 Å². The van der Waals surface area contributed by atoms with Crippen LogP contribution in [0.5, 0.6) is 0 Å². The van der Waals surface area contributed by atoms with Gasteiger partial charge >= 0.3 is 5.97 Å². The zero-order valence-electron chi connectivity index (χ0n) is 12.3. The van der Waals surface area contributed by atoms with Gasteiger partial charge in [0.2, 0.25) is 5.91 Å². The number of amides is 1. The number of nitrogens with one attached hydrogen (secondary N) is 1. The number of anilines is 1. The number of carbonyl (C=O) groups is 2. The predicted octanol–water partition coefficient (Wildman–Crippen LogP) is 3.28. The predicted molar refractivity (Wildman–Crippen MR) is 86.9 cm³/mol. The van der Waals surface area contributed by atoms with E-state index >= 15 is 0 Å². The maximum atomic E-state index is 11.8. The van der Waals surface area contributed by atoms with Gasteiger partial charge in [-0.2, -0.15) is 0 Å². The Morgan fingerprint density at radius 3 is 2.73 bits per heavy atom. The highest BCUT2D eigenvalue weighted by atomic mass is 32.1. The molecule has 0 radical (unpaired) electrons. The highest BCUT2D eigenvalue weighted by Gasteiger charge is 2.12. The molecule has 1 N–H and O–H groups in total. The number of aryl methyl sites for hydroxylation is 1. The van der Waals surface area contributed by atoms with Crippen molar-refractivity contribution in [1.82, 2.24) is 4.98 Å². The minimum Gasteiger partial charge on any atom is -0.461 e. The van der Waals surface area contributed by atoms with Crippen molar-refractivity contribution in [3.63, 3.8) is 0 Å². The third-order valence-electron chi connectivity index (χ3n) is 2.72. The summed E-state index contributed by atoms with van der Waals surface area (Å²) in [6, 6.07) is 7.82. The van der Waals surface area contributed by atoms with Crippen LogP contribution in [0, 0.1) is 6.92 Å². The summed E-state index contributed by atoms with van der Waals surface area (Å²) in [6.07, 6.45) is 3.14. The fraction of sp³-hybridized carbons (Fsp3) is 0.188. The molecule has 1 amide bonds. The van der Waals surface area contributed by atoms with E-state index in [1.54, 1.807) is 18.4 Å². The van der Waals surface area contributed by atoms with Crippen LogP contribution in [-0.4, -0.2) is 23.5 Å². The molecule has 0 aliphatic carbocycles. The first kappa shape index (κ1) is 15.9. The van der Waals surface area contributed by atoms with E-state index < -0.39 is 5.97 Å². The molecule has 5 nitrogen and oxygen atoms in total. The summed E-state index contributed by atoms with van der Waals surface area (Å²) in [5.41, 5.74) is 2.30. The van der Waals surface area contributed by atoms with Crippen LogP contribution in [0.4, 0.5) is 5.13 Å². The molecule has 0 saturated heterocycles. The van der Waals surface area contributed by atoms with Gasteiger partial charge < -0.3 is 4.74 Å². The van der Waals surface area contributed by atoms with Gasteiger partial charge in [0.05, 0.1) is 6.61 Å². The van der Waals surface area contributed by atoms with E-state index in [-0.39, 0.29) is 18.2 Å². The van der Waals surface area contributed by atoms with Gasteiger partial charge in [-0.1, -0.05) is 29.8 Å². The van der Waals surface area contributed by atoms with Gasteiger partial charge in [-0.3, -0.25) is 10.1 Å². The van der Waals surface area contributed by atoms with Crippen molar-refractivity contribution in [1.29, 1.82) is 0 Å². The fourth-order valence-electron chi connectivity index (χ4n) is 1.63. The molecular formula is C16H16N2O3S. The first-order valence-electron chi connectivity index (χ1n) is 6.77. The van der Waals surface area contributed by atoms with E-state index in [4.69, 9.17) is 4.74 Å². The van der Waals surface area contributed by atoms with E-state index in [0.717, 1.165) is 11.1 Å². The molecule has 0 saturated carbocycles. The molecule has 6 heteroatoms. The number of carbonyl (C=O) groups excluding carboxylic acids is 2. The third-order valence-corrected chi connectivity index (χ3v) is 3.48. The minimum absolute atomic E-state index is 0.199. The van der Waals surface area contributed by atoms with Crippen molar-refractivity contribution in [2.75, 3.05) is 11.9 Å². The Balaban J connectivity index is 1.94. The molecule has 2 rings (SSSR count). The van der Waals surface area contributed by atoms with Gasteiger partial charge in [0, 0.05) is 11.5 Å². The highest BCUT2D eigenvalue weighted by Crippen LogP contribution is 2.16. The normalized spacial score (nSPS) is 10.6. The number of nitrogens with zero attached hydrogens (tertiary/aromatic N) is 1. The third kappa shape index (κ3) is 4.53. The molecule has 22 heavy (non-hydrogen) atoms. The number of thiazole rings is 1. The van der Waals surface area contributed by atoms with E-state index in [1.165, 1.54) is 17.4 Å². The molecule has 1 aromatic heterocycles. The first-order chi connectivity index (χ1) is 10.6. The smallest absolute Gasteiger partial charge is 0.357 e. The van der Waals surface area contributed by atoms with Gasteiger partial charge in [0.25, 0.3) is 0 Å². The lowest BCUT2D eigenvalue weighted by molar-refractivity contribution is -0.111. The Kier molecular flexibility index (Phi) is 5.43. The number of rotatable bonds is 5. The van der Waals surface area contributed by atoms with Gasteiger partial charge in [-0.05, 0) is 25.5 Å². The number of ether oxygens (including phenoxy) is 1. The van der Waals surface area contributed by atoms with E-state index in [1.807, 2.05) is 31.2 Å². The Bertz CT molecular complexity index is 690. The SMILES string of the molecule is CCOC(=O)c1csc(NC(=O)/C=C/c2ccc(C)cc2)n1. The largest absolute Gasteiger partial charge is 0.461 e. The van der Waals surface area contributed by atoms with Crippen molar-refractivity contribution in [3.05, 3.63) is 52.5 Å². The molecule has 0 aliphatic rings. The number of hydrogen-bond acceptors (Lipinski definition) is 5. The van der Waals surface area contributed by atoms with Gasteiger partial charge in [-0.15, -0.1) is 11.3 Å².